The summed E-state index contributed by atoms with van der Waals surface area (Å²) in [7, 11) is 0. The van der Waals surface area contributed by atoms with Crippen LogP contribution < -0.4 is 16.4 Å². The topological polar surface area (TPSA) is 106 Å². The van der Waals surface area contributed by atoms with Crippen LogP contribution in [-0.2, 0) is 9.53 Å². The van der Waals surface area contributed by atoms with Crippen molar-refractivity contribution >= 4 is 17.7 Å². The van der Waals surface area contributed by atoms with Crippen LogP contribution in [0.25, 0.3) is 0 Å². The van der Waals surface area contributed by atoms with E-state index in [1.807, 2.05) is 0 Å². The van der Waals surface area contributed by atoms with Crippen molar-refractivity contribution in [1.82, 2.24) is 10.6 Å². The number of hydrogen-bond acceptors (Lipinski definition) is 5. The van der Waals surface area contributed by atoms with Crippen molar-refractivity contribution < 1.29 is 14.3 Å². The molecule has 0 aromatic heterocycles. The number of nitrogens with zero attached hydrogens (tertiary/aromatic N) is 1. The van der Waals surface area contributed by atoms with E-state index in [1.165, 1.54) is 0 Å². The highest BCUT2D eigenvalue weighted by atomic mass is 16.6. The van der Waals surface area contributed by atoms with Crippen molar-refractivity contribution in [3.63, 3.8) is 0 Å². The lowest BCUT2D eigenvalue weighted by Gasteiger charge is -2.19. The SMILES string of the molecule is CC(C)(C)OC(=O)NCCCNC(=O)C1=NCC(N)=C1. The minimum Gasteiger partial charge on any atom is -0.444 e. The molecule has 20 heavy (non-hydrogen) atoms. The molecule has 1 heterocycles. The first-order chi connectivity index (χ1) is 9.28. The number of alkyl carbamates (subject to hydrolysis) is 1. The highest BCUT2D eigenvalue weighted by Crippen LogP contribution is 2.06. The predicted octanol–water partition coefficient (Wildman–Crippen LogP) is 0.315. The van der Waals surface area contributed by atoms with Gasteiger partial charge in [-0.3, -0.25) is 9.79 Å². The van der Waals surface area contributed by atoms with Crippen LogP contribution in [0.2, 0.25) is 0 Å². The van der Waals surface area contributed by atoms with Crippen LogP contribution in [-0.4, -0.2) is 42.9 Å². The third-order valence-corrected chi connectivity index (χ3v) is 2.29. The zero-order valence-corrected chi connectivity index (χ0v) is 12.2. The molecule has 1 aliphatic heterocycles. The van der Waals surface area contributed by atoms with Crippen molar-refractivity contribution in [3.05, 3.63) is 11.8 Å². The molecule has 0 aromatic rings. The average Bonchev–Trinajstić information content (AvgIpc) is 2.73. The van der Waals surface area contributed by atoms with Gasteiger partial charge in [0.05, 0.1) is 6.54 Å². The summed E-state index contributed by atoms with van der Waals surface area (Å²) in [5.41, 5.74) is 5.95. The first-order valence-corrected chi connectivity index (χ1v) is 6.53. The molecular formula is C13H22N4O3. The molecule has 0 bridgehead atoms. The molecule has 2 amide bonds. The van der Waals surface area contributed by atoms with Crippen LogP contribution in [0, 0.1) is 0 Å². The molecule has 0 aromatic carbocycles. The maximum atomic E-state index is 11.6. The zero-order valence-electron chi connectivity index (χ0n) is 12.2. The Morgan fingerprint density at radius 3 is 2.55 bits per heavy atom. The van der Waals surface area contributed by atoms with E-state index in [2.05, 4.69) is 15.6 Å². The molecule has 1 rings (SSSR count). The number of aliphatic imine (C=N–C) groups is 1. The van der Waals surface area contributed by atoms with E-state index in [0.29, 0.717) is 37.5 Å². The van der Waals surface area contributed by atoms with Crippen LogP contribution in [0.15, 0.2) is 16.8 Å². The summed E-state index contributed by atoms with van der Waals surface area (Å²) in [6.45, 7) is 6.65. The van der Waals surface area contributed by atoms with E-state index in [4.69, 9.17) is 10.5 Å². The second kappa shape index (κ2) is 6.93. The van der Waals surface area contributed by atoms with Gasteiger partial charge >= 0.3 is 6.09 Å². The molecule has 0 saturated heterocycles. The van der Waals surface area contributed by atoms with Gasteiger partial charge in [-0.1, -0.05) is 0 Å². The fourth-order valence-corrected chi connectivity index (χ4v) is 1.47. The van der Waals surface area contributed by atoms with Crippen molar-refractivity contribution in [2.24, 2.45) is 10.7 Å². The van der Waals surface area contributed by atoms with Crippen molar-refractivity contribution in [2.75, 3.05) is 19.6 Å². The molecule has 0 unspecified atom stereocenters. The standard InChI is InChI=1S/C13H22N4O3/c1-13(2,3)20-12(19)16-6-4-5-15-11(18)10-7-9(14)8-17-10/h7H,4-6,8,14H2,1-3H3,(H,15,18)(H,16,19). The largest absolute Gasteiger partial charge is 0.444 e. The molecular weight excluding hydrogens is 260 g/mol. The van der Waals surface area contributed by atoms with E-state index in [9.17, 15) is 9.59 Å². The lowest BCUT2D eigenvalue weighted by Crippen LogP contribution is -2.35. The maximum Gasteiger partial charge on any atom is 0.407 e. The average molecular weight is 282 g/mol. The van der Waals surface area contributed by atoms with E-state index in [-0.39, 0.29) is 5.91 Å². The molecule has 0 spiro atoms. The van der Waals surface area contributed by atoms with Crippen LogP contribution in [0.4, 0.5) is 4.79 Å². The number of carbonyl (C=O) groups excluding carboxylic acids is 2. The van der Waals surface area contributed by atoms with Gasteiger partial charge in [-0.05, 0) is 33.3 Å². The maximum absolute atomic E-state index is 11.6. The molecule has 0 fully saturated rings. The number of ether oxygens (including phenoxy) is 1. The lowest BCUT2D eigenvalue weighted by molar-refractivity contribution is -0.114. The summed E-state index contributed by atoms with van der Waals surface area (Å²) in [4.78, 5) is 26.9. The molecule has 1 aliphatic rings. The molecule has 112 valence electrons. The first kappa shape index (κ1) is 16.0. The molecule has 4 N–H and O–H groups in total. The van der Waals surface area contributed by atoms with Gasteiger partial charge in [0, 0.05) is 18.8 Å². The van der Waals surface area contributed by atoms with Crippen molar-refractivity contribution in [3.8, 4) is 0 Å². The minimum atomic E-state index is -0.509. The molecule has 7 heteroatoms. The fraction of sp³-hybridized carbons (Fsp3) is 0.615. The summed E-state index contributed by atoms with van der Waals surface area (Å²) < 4.78 is 5.08. The Morgan fingerprint density at radius 2 is 2.00 bits per heavy atom. The number of amides is 2. The normalized spacial score (nSPS) is 14.3. The van der Waals surface area contributed by atoms with Gasteiger partial charge in [0.2, 0.25) is 0 Å². The predicted molar refractivity (Wildman–Crippen MR) is 76.4 cm³/mol. The number of carbonyl (C=O) groups is 2. The Balaban J connectivity index is 2.11. The molecule has 0 atom stereocenters. The van der Waals surface area contributed by atoms with Gasteiger partial charge in [0.15, 0.2) is 0 Å². The van der Waals surface area contributed by atoms with Gasteiger partial charge in [-0.25, -0.2) is 4.79 Å². The summed E-state index contributed by atoms with van der Waals surface area (Å²) in [5, 5.41) is 5.32. The smallest absolute Gasteiger partial charge is 0.407 e. The van der Waals surface area contributed by atoms with E-state index < -0.39 is 11.7 Å². The van der Waals surface area contributed by atoms with Crippen LogP contribution in [0.1, 0.15) is 27.2 Å². The molecule has 0 radical (unpaired) electrons. The Bertz CT molecular complexity index is 435. The van der Waals surface area contributed by atoms with Crippen molar-refractivity contribution in [1.29, 1.82) is 0 Å². The number of rotatable bonds is 5. The Kier molecular flexibility index (Phi) is 5.54. The molecule has 0 aliphatic carbocycles. The lowest BCUT2D eigenvalue weighted by atomic mass is 10.2. The van der Waals surface area contributed by atoms with Gasteiger partial charge in [0.25, 0.3) is 5.91 Å². The quantitative estimate of drug-likeness (QED) is 0.631. The zero-order chi connectivity index (χ0) is 15.2. The Labute approximate surface area is 118 Å². The summed E-state index contributed by atoms with van der Waals surface area (Å²) in [6, 6.07) is 0. The fourth-order valence-electron chi connectivity index (χ4n) is 1.47. The summed E-state index contributed by atoms with van der Waals surface area (Å²) in [5.74, 6) is -0.247. The Morgan fingerprint density at radius 1 is 1.35 bits per heavy atom. The third kappa shape index (κ3) is 6.21. The Hall–Kier alpha value is -2.05. The molecule has 0 saturated carbocycles. The van der Waals surface area contributed by atoms with Gasteiger partial charge in [-0.15, -0.1) is 0 Å². The summed E-state index contributed by atoms with van der Waals surface area (Å²) in [6.07, 6.45) is 1.71. The van der Waals surface area contributed by atoms with Gasteiger partial charge < -0.3 is 21.1 Å². The number of nitrogens with two attached hydrogens (primary N) is 1. The minimum absolute atomic E-state index is 0.247. The van der Waals surface area contributed by atoms with Gasteiger partial charge in [0.1, 0.15) is 11.3 Å². The highest BCUT2D eigenvalue weighted by molar-refractivity contribution is 6.44. The first-order valence-electron chi connectivity index (χ1n) is 6.53. The third-order valence-electron chi connectivity index (χ3n) is 2.29. The second-order valence-electron chi connectivity index (χ2n) is 5.46. The number of hydrogen-bond donors (Lipinski definition) is 3. The van der Waals surface area contributed by atoms with E-state index >= 15 is 0 Å². The van der Waals surface area contributed by atoms with Crippen molar-refractivity contribution in [2.45, 2.75) is 32.8 Å². The highest BCUT2D eigenvalue weighted by Gasteiger charge is 2.16. The van der Waals surface area contributed by atoms with Crippen LogP contribution in [0.5, 0.6) is 0 Å². The molecule has 7 nitrogen and oxygen atoms in total. The van der Waals surface area contributed by atoms with Crippen LogP contribution in [0.3, 0.4) is 0 Å². The van der Waals surface area contributed by atoms with Crippen LogP contribution >= 0.6 is 0 Å². The number of nitrogens with one attached hydrogen (secondary N) is 2. The van der Waals surface area contributed by atoms with Gasteiger partial charge in [-0.2, -0.15) is 0 Å². The second-order valence-corrected chi connectivity index (χ2v) is 5.46. The van der Waals surface area contributed by atoms with E-state index in [1.54, 1.807) is 26.8 Å². The van der Waals surface area contributed by atoms with E-state index in [0.717, 1.165) is 0 Å². The monoisotopic (exact) mass is 282 g/mol. The summed E-state index contributed by atoms with van der Waals surface area (Å²) >= 11 is 0.